The third kappa shape index (κ3) is 5.67. The first-order valence-electron chi connectivity index (χ1n) is 10.4. The molecule has 0 spiro atoms. The number of carbonyl (C=O) groups is 1. The first kappa shape index (κ1) is 22.4. The minimum atomic E-state index is -3.49. The van der Waals surface area contributed by atoms with Crippen LogP contribution in [0.5, 0.6) is 0 Å². The fraction of sp³-hybridized carbons (Fsp3) is 0.435. The lowest BCUT2D eigenvalue weighted by molar-refractivity contribution is -0.126. The zero-order valence-electron chi connectivity index (χ0n) is 17.5. The SMILES string of the molecule is CCc1ccc([C@H](C)NC(=O)C2CCN(S(=O)(=O)Cc3ccc(F)cc3)CC2)cc1. The van der Waals surface area contributed by atoms with Gasteiger partial charge in [0.25, 0.3) is 0 Å². The van der Waals surface area contributed by atoms with E-state index in [1.165, 1.54) is 34.1 Å². The molecule has 3 rings (SSSR count). The van der Waals surface area contributed by atoms with Gasteiger partial charge in [0.05, 0.1) is 11.8 Å². The van der Waals surface area contributed by atoms with E-state index in [-0.39, 0.29) is 23.6 Å². The predicted molar refractivity (Wildman–Crippen MR) is 116 cm³/mol. The molecule has 0 bridgehead atoms. The zero-order chi connectivity index (χ0) is 21.7. The number of amides is 1. The summed E-state index contributed by atoms with van der Waals surface area (Å²) in [7, 11) is -3.49. The van der Waals surface area contributed by atoms with Crippen LogP contribution in [-0.2, 0) is 27.0 Å². The van der Waals surface area contributed by atoms with Crippen molar-refractivity contribution in [3.63, 3.8) is 0 Å². The van der Waals surface area contributed by atoms with Gasteiger partial charge in [0.15, 0.2) is 0 Å². The van der Waals surface area contributed by atoms with Crippen molar-refractivity contribution in [1.82, 2.24) is 9.62 Å². The van der Waals surface area contributed by atoms with Crippen LogP contribution in [0.1, 0.15) is 49.4 Å². The second-order valence-electron chi connectivity index (χ2n) is 7.88. The van der Waals surface area contributed by atoms with Gasteiger partial charge in [-0.1, -0.05) is 43.3 Å². The lowest BCUT2D eigenvalue weighted by atomic mass is 9.96. The second-order valence-corrected chi connectivity index (χ2v) is 9.85. The Morgan fingerprint density at radius 2 is 1.63 bits per heavy atom. The van der Waals surface area contributed by atoms with E-state index >= 15 is 0 Å². The summed E-state index contributed by atoms with van der Waals surface area (Å²) >= 11 is 0. The van der Waals surface area contributed by atoms with E-state index in [1.807, 2.05) is 19.1 Å². The van der Waals surface area contributed by atoms with E-state index < -0.39 is 15.8 Å². The van der Waals surface area contributed by atoms with Crippen molar-refractivity contribution >= 4 is 15.9 Å². The second kappa shape index (κ2) is 9.71. The van der Waals surface area contributed by atoms with E-state index in [0.29, 0.717) is 31.5 Å². The maximum atomic E-state index is 13.0. The van der Waals surface area contributed by atoms with Crippen molar-refractivity contribution < 1.29 is 17.6 Å². The highest BCUT2D eigenvalue weighted by Gasteiger charge is 2.31. The average molecular weight is 433 g/mol. The minimum Gasteiger partial charge on any atom is -0.349 e. The van der Waals surface area contributed by atoms with Gasteiger partial charge in [0.2, 0.25) is 15.9 Å². The van der Waals surface area contributed by atoms with Crippen LogP contribution in [-0.4, -0.2) is 31.7 Å². The molecule has 162 valence electrons. The predicted octanol–water partition coefficient (Wildman–Crippen LogP) is 3.81. The molecule has 1 atom stereocenters. The highest BCUT2D eigenvalue weighted by molar-refractivity contribution is 7.88. The molecule has 5 nitrogen and oxygen atoms in total. The Kier molecular flexibility index (Phi) is 7.26. The van der Waals surface area contributed by atoms with Crippen LogP contribution in [0.15, 0.2) is 48.5 Å². The Balaban J connectivity index is 1.52. The van der Waals surface area contributed by atoms with Gasteiger partial charge in [0.1, 0.15) is 5.82 Å². The van der Waals surface area contributed by atoms with Crippen LogP contribution >= 0.6 is 0 Å². The molecular formula is C23H29FN2O3S. The molecule has 0 saturated carbocycles. The summed E-state index contributed by atoms with van der Waals surface area (Å²) < 4.78 is 39.8. The van der Waals surface area contributed by atoms with Gasteiger partial charge >= 0.3 is 0 Å². The number of hydrogen-bond acceptors (Lipinski definition) is 3. The molecule has 1 heterocycles. The Bertz CT molecular complexity index is 951. The molecular weight excluding hydrogens is 403 g/mol. The van der Waals surface area contributed by atoms with Crippen LogP contribution in [0.25, 0.3) is 0 Å². The Labute approximate surface area is 178 Å². The van der Waals surface area contributed by atoms with Crippen molar-refractivity contribution in [3.8, 4) is 0 Å². The summed E-state index contributed by atoms with van der Waals surface area (Å²) in [6.07, 6.45) is 1.97. The molecule has 1 aliphatic heterocycles. The zero-order valence-corrected chi connectivity index (χ0v) is 18.3. The first-order valence-corrected chi connectivity index (χ1v) is 12.0. The van der Waals surface area contributed by atoms with Crippen LogP contribution in [0.2, 0.25) is 0 Å². The number of benzene rings is 2. The summed E-state index contributed by atoms with van der Waals surface area (Å²) in [6, 6.07) is 13.6. The van der Waals surface area contributed by atoms with E-state index in [1.54, 1.807) is 0 Å². The quantitative estimate of drug-likeness (QED) is 0.724. The molecule has 0 unspecified atom stereocenters. The molecule has 1 fully saturated rings. The normalized spacial score (nSPS) is 16.9. The summed E-state index contributed by atoms with van der Waals surface area (Å²) in [6.45, 7) is 4.70. The van der Waals surface area contributed by atoms with Gasteiger partial charge in [-0.3, -0.25) is 4.79 Å². The standard InChI is InChI=1S/C23H29FN2O3S/c1-3-18-4-8-20(9-5-18)17(2)25-23(27)21-12-14-26(15-13-21)30(28,29)16-19-6-10-22(24)11-7-19/h4-11,17,21H,3,12-16H2,1-2H3,(H,25,27)/t17-/m0/s1. The number of rotatable bonds is 7. The first-order chi connectivity index (χ1) is 14.3. The number of sulfonamides is 1. The van der Waals surface area contributed by atoms with Gasteiger partial charge in [0, 0.05) is 19.0 Å². The Morgan fingerprint density at radius 1 is 1.07 bits per heavy atom. The summed E-state index contributed by atoms with van der Waals surface area (Å²) in [5.74, 6) is -0.773. The molecule has 0 aliphatic carbocycles. The summed E-state index contributed by atoms with van der Waals surface area (Å²) in [4.78, 5) is 12.7. The summed E-state index contributed by atoms with van der Waals surface area (Å²) in [5.41, 5.74) is 2.87. The summed E-state index contributed by atoms with van der Waals surface area (Å²) in [5, 5.41) is 3.06. The van der Waals surface area contributed by atoms with Crippen molar-refractivity contribution in [2.45, 2.75) is 44.9 Å². The third-order valence-electron chi connectivity index (χ3n) is 5.73. The lowest BCUT2D eigenvalue weighted by Gasteiger charge is -2.31. The maximum Gasteiger partial charge on any atom is 0.223 e. The molecule has 30 heavy (non-hydrogen) atoms. The number of nitrogens with one attached hydrogen (secondary N) is 1. The van der Waals surface area contributed by atoms with Gasteiger partial charge < -0.3 is 5.32 Å². The maximum absolute atomic E-state index is 13.0. The topological polar surface area (TPSA) is 66.5 Å². The number of aryl methyl sites for hydroxylation is 1. The highest BCUT2D eigenvalue weighted by Crippen LogP contribution is 2.23. The number of hydrogen-bond donors (Lipinski definition) is 1. The van der Waals surface area contributed by atoms with Crippen molar-refractivity contribution in [2.24, 2.45) is 5.92 Å². The van der Waals surface area contributed by atoms with Crippen molar-refractivity contribution in [1.29, 1.82) is 0 Å². The molecule has 2 aromatic rings. The average Bonchev–Trinajstić information content (AvgIpc) is 2.75. The van der Waals surface area contributed by atoms with E-state index in [2.05, 4.69) is 24.4 Å². The van der Waals surface area contributed by atoms with Gasteiger partial charge in [-0.2, -0.15) is 0 Å². The number of piperidine rings is 1. The van der Waals surface area contributed by atoms with Gasteiger partial charge in [-0.25, -0.2) is 17.1 Å². The van der Waals surface area contributed by atoms with E-state index in [0.717, 1.165) is 12.0 Å². The highest BCUT2D eigenvalue weighted by atomic mass is 32.2. The third-order valence-corrected chi connectivity index (χ3v) is 7.58. The molecule has 0 aromatic heterocycles. The molecule has 1 N–H and O–H groups in total. The van der Waals surface area contributed by atoms with Gasteiger partial charge in [-0.15, -0.1) is 0 Å². The molecule has 1 aliphatic rings. The Morgan fingerprint density at radius 3 is 2.20 bits per heavy atom. The molecule has 0 radical (unpaired) electrons. The van der Waals surface area contributed by atoms with Crippen LogP contribution in [0, 0.1) is 11.7 Å². The van der Waals surface area contributed by atoms with E-state index in [9.17, 15) is 17.6 Å². The Hall–Kier alpha value is -2.25. The molecule has 7 heteroatoms. The molecule has 1 amide bonds. The van der Waals surface area contributed by atoms with Crippen LogP contribution < -0.4 is 5.32 Å². The van der Waals surface area contributed by atoms with Gasteiger partial charge in [-0.05, 0) is 55.0 Å². The van der Waals surface area contributed by atoms with Crippen LogP contribution in [0.4, 0.5) is 4.39 Å². The number of carbonyl (C=O) groups excluding carboxylic acids is 1. The smallest absolute Gasteiger partial charge is 0.223 e. The lowest BCUT2D eigenvalue weighted by Crippen LogP contribution is -2.43. The van der Waals surface area contributed by atoms with Crippen molar-refractivity contribution in [3.05, 3.63) is 71.0 Å². The molecule has 2 aromatic carbocycles. The minimum absolute atomic E-state index is 0.0300. The molecule has 1 saturated heterocycles. The largest absolute Gasteiger partial charge is 0.349 e. The van der Waals surface area contributed by atoms with Crippen LogP contribution in [0.3, 0.4) is 0 Å². The monoisotopic (exact) mass is 432 g/mol. The fourth-order valence-electron chi connectivity index (χ4n) is 3.74. The fourth-order valence-corrected chi connectivity index (χ4v) is 5.30. The van der Waals surface area contributed by atoms with Crippen molar-refractivity contribution in [2.75, 3.05) is 13.1 Å². The number of halogens is 1. The number of nitrogens with zero attached hydrogens (tertiary/aromatic N) is 1. The van der Waals surface area contributed by atoms with E-state index in [4.69, 9.17) is 0 Å².